The summed E-state index contributed by atoms with van der Waals surface area (Å²) in [6.07, 6.45) is 0. The number of hydrogen-bond donors (Lipinski definition) is 1. The highest BCUT2D eigenvalue weighted by Crippen LogP contribution is 2.20. The van der Waals surface area contributed by atoms with Crippen LogP contribution < -0.4 is 10.6 Å². The molecule has 0 saturated carbocycles. The van der Waals surface area contributed by atoms with Crippen LogP contribution in [0.25, 0.3) is 0 Å². The molecule has 0 unspecified atom stereocenters. The first-order chi connectivity index (χ1) is 6.56. The Kier molecular flexibility index (Phi) is 3.60. The Morgan fingerprint density at radius 3 is 2.79 bits per heavy atom. The van der Waals surface area contributed by atoms with E-state index in [1.165, 1.54) is 11.3 Å². The normalized spacial score (nSPS) is 12.6. The molecule has 0 aliphatic rings. The van der Waals surface area contributed by atoms with Crippen LogP contribution in [0.2, 0.25) is 0 Å². The second-order valence-electron chi connectivity index (χ2n) is 3.14. The molecule has 4 nitrogen and oxygen atoms in total. The van der Waals surface area contributed by atoms with E-state index in [-0.39, 0.29) is 5.91 Å². The summed E-state index contributed by atoms with van der Waals surface area (Å²) in [6, 6.07) is -0.473. The van der Waals surface area contributed by atoms with Crippen molar-refractivity contribution in [2.24, 2.45) is 5.73 Å². The molecule has 0 spiro atoms. The van der Waals surface area contributed by atoms with Gasteiger partial charge >= 0.3 is 0 Å². The number of carbonyl (C=O) groups is 1. The summed E-state index contributed by atoms with van der Waals surface area (Å²) >= 11 is 1.47. The average molecular weight is 213 g/mol. The van der Waals surface area contributed by atoms with Gasteiger partial charge in [0.05, 0.1) is 11.7 Å². The third kappa shape index (κ3) is 2.30. The minimum absolute atomic E-state index is 0.0816. The molecular weight excluding hydrogens is 198 g/mol. The van der Waals surface area contributed by atoms with Crippen molar-refractivity contribution in [2.75, 3.05) is 11.4 Å². The van der Waals surface area contributed by atoms with Gasteiger partial charge in [0.15, 0.2) is 5.13 Å². The quantitative estimate of drug-likeness (QED) is 0.819. The van der Waals surface area contributed by atoms with Crippen molar-refractivity contribution in [2.45, 2.75) is 26.8 Å². The molecule has 1 aromatic rings. The zero-order valence-electron chi connectivity index (χ0n) is 8.65. The fourth-order valence-electron chi connectivity index (χ4n) is 1.10. The maximum Gasteiger partial charge on any atom is 0.245 e. The maximum atomic E-state index is 11.7. The molecule has 1 heterocycles. The largest absolute Gasteiger partial charge is 0.320 e. The van der Waals surface area contributed by atoms with E-state index < -0.39 is 6.04 Å². The first-order valence-corrected chi connectivity index (χ1v) is 5.43. The topological polar surface area (TPSA) is 59.2 Å². The number of aromatic nitrogens is 1. The Morgan fingerprint density at radius 1 is 1.79 bits per heavy atom. The van der Waals surface area contributed by atoms with Crippen molar-refractivity contribution >= 4 is 22.4 Å². The van der Waals surface area contributed by atoms with Gasteiger partial charge < -0.3 is 5.73 Å². The summed E-state index contributed by atoms with van der Waals surface area (Å²) < 4.78 is 0. The molecule has 0 radical (unpaired) electrons. The van der Waals surface area contributed by atoms with Gasteiger partial charge in [-0.05, 0) is 20.8 Å². The van der Waals surface area contributed by atoms with E-state index in [0.29, 0.717) is 6.54 Å². The molecule has 0 fully saturated rings. The van der Waals surface area contributed by atoms with E-state index in [1.54, 1.807) is 11.8 Å². The van der Waals surface area contributed by atoms with Crippen molar-refractivity contribution in [1.82, 2.24) is 4.98 Å². The monoisotopic (exact) mass is 213 g/mol. The molecule has 0 aliphatic heterocycles. The standard InChI is InChI=1S/C9H15N3OS/c1-4-12(8(13)7(3)10)9-11-6(2)5-14-9/h5,7H,4,10H2,1-3H3/t7-/m0/s1. The van der Waals surface area contributed by atoms with E-state index in [2.05, 4.69) is 4.98 Å². The summed E-state index contributed by atoms with van der Waals surface area (Å²) in [5.74, 6) is -0.0816. The van der Waals surface area contributed by atoms with E-state index in [1.807, 2.05) is 19.2 Å². The van der Waals surface area contributed by atoms with E-state index >= 15 is 0 Å². The molecule has 1 aromatic heterocycles. The van der Waals surface area contributed by atoms with E-state index in [0.717, 1.165) is 10.8 Å². The van der Waals surface area contributed by atoms with Crippen LogP contribution in [-0.4, -0.2) is 23.5 Å². The van der Waals surface area contributed by atoms with Crippen molar-refractivity contribution in [3.05, 3.63) is 11.1 Å². The van der Waals surface area contributed by atoms with Crippen molar-refractivity contribution in [1.29, 1.82) is 0 Å². The highest BCUT2D eigenvalue weighted by Gasteiger charge is 2.19. The number of rotatable bonds is 3. The molecule has 2 N–H and O–H groups in total. The van der Waals surface area contributed by atoms with Gasteiger partial charge in [-0.2, -0.15) is 0 Å². The summed E-state index contributed by atoms with van der Waals surface area (Å²) in [6.45, 7) is 6.11. The van der Waals surface area contributed by atoms with Crippen LogP contribution in [0.15, 0.2) is 5.38 Å². The third-order valence-electron chi connectivity index (χ3n) is 1.81. The minimum Gasteiger partial charge on any atom is -0.320 e. The van der Waals surface area contributed by atoms with Gasteiger partial charge in [-0.25, -0.2) is 4.98 Å². The Labute approximate surface area is 87.7 Å². The van der Waals surface area contributed by atoms with Crippen molar-refractivity contribution in [3.63, 3.8) is 0 Å². The number of hydrogen-bond acceptors (Lipinski definition) is 4. The highest BCUT2D eigenvalue weighted by atomic mass is 32.1. The molecule has 1 amide bonds. The number of amides is 1. The molecule has 14 heavy (non-hydrogen) atoms. The van der Waals surface area contributed by atoms with Gasteiger partial charge in [0.1, 0.15) is 0 Å². The van der Waals surface area contributed by atoms with Crippen LogP contribution >= 0.6 is 11.3 Å². The first kappa shape index (κ1) is 11.1. The lowest BCUT2D eigenvalue weighted by atomic mass is 10.3. The van der Waals surface area contributed by atoms with Crippen LogP contribution in [0.5, 0.6) is 0 Å². The number of anilines is 1. The Balaban J connectivity index is 2.87. The number of aryl methyl sites for hydroxylation is 1. The lowest BCUT2D eigenvalue weighted by Gasteiger charge is -2.19. The van der Waals surface area contributed by atoms with Crippen molar-refractivity contribution < 1.29 is 4.79 Å². The van der Waals surface area contributed by atoms with Crippen molar-refractivity contribution in [3.8, 4) is 0 Å². The second-order valence-corrected chi connectivity index (χ2v) is 3.98. The van der Waals surface area contributed by atoms with E-state index in [9.17, 15) is 4.79 Å². The average Bonchev–Trinajstić information content (AvgIpc) is 2.53. The molecule has 78 valence electrons. The number of carbonyl (C=O) groups excluding carboxylic acids is 1. The molecule has 1 rings (SSSR count). The maximum absolute atomic E-state index is 11.7. The summed E-state index contributed by atoms with van der Waals surface area (Å²) in [4.78, 5) is 17.5. The smallest absolute Gasteiger partial charge is 0.245 e. The summed E-state index contributed by atoms with van der Waals surface area (Å²) in [7, 11) is 0. The number of nitrogens with zero attached hydrogens (tertiary/aromatic N) is 2. The molecular formula is C9H15N3OS. The van der Waals surface area contributed by atoms with Gasteiger partial charge in [0.2, 0.25) is 5.91 Å². The molecule has 0 saturated heterocycles. The molecule has 1 atom stereocenters. The van der Waals surface area contributed by atoms with Gasteiger partial charge in [-0.15, -0.1) is 11.3 Å². The van der Waals surface area contributed by atoms with Crippen LogP contribution in [0.4, 0.5) is 5.13 Å². The Hall–Kier alpha value is -0.940. The van der Waals surface area contributed by atoms with Crippen LogP contribution in [0.1, 0.15) is 19.5 Å². The van der Waals surface area contributed by atoms with Crippen LogP contribution in [-0.2, 0) is 4.79 Å². The van der Waals surface area contributed by atoms with Gasteiger partial charge in [0.25, 0.3) is 0 Å². The van der Waals surface area contributed by atoms with Gasteiger partial charge in [-0.1, -0.05) is 0 Å². The number of likely N-dealkylation sites (N-methyl/N-ethyl adjacent to an activating group) is 1. The SMILES string of the molecule is CCN(C(=O)[C@H](C)N)c1nc(C)cs1. The minimum atomic E-state index is -0.473. The molecule has 0 aliphatic carbocycles. The highest BCUT2D eigenvalue weighted by molar-refractivity contribution is 7.14. The predicted molar refractivity (Wildman–Crippen MR) is 58.5 cm³/mol. The third-order valence-corrected chi connectivity index (χ3v) is 2.79. The fourth-order valence-corrected chi connectivity index (χ4v) is 1.97. The molecule has 0 aromatic carbocycles. The van der Waals surface area contributed by atoms with Crippen LogP contribution in [0.3, 0.4) is 0 Å². The number of thiazole rings is 1. The zero-order chi connectivity index (χ0) is 10.7. The molecule has 5 heteroatoms. The Bertz CT molecular complexity index is 322. The lowest BCUT2D eigenvalue weighted by Crippen LogP contribution is -2.42. The molecule has 0 bridgehead atoms. The Morgan fingerprint density at radius 2 is 2.43 bits per heavy atom. The van der Waals surface area contributed by atoms with E-state index in [4.69, 9.17) is 5.73 Å². The number of nitrogens with two attached hydrogens (primary N) is 1. The lowest BCUT2D eigenvalue weighted by molar-refractivity contribution is -0.119. The summed E-state index contributed by atoms with van der Waals surface area (Å²) in [5.41, 5.74) is 6.47. The van der Waals surface area contributed by atoms with Crippen LogP contribution in [0, 0.1) is 6.92 Å². The predicted octanol–water partition coefficient (Wildman–Crippen LogP) is 1.15. The fraction of sp³-hybridized carbons (Fsp3) is 0.556. The van der Waals surface area contributed by atoms with Gasteiger partial charge in [-0.3, -0.25) is 9.69 Å². The van der Waals surface area contributed by atoms with Gasteiger partial charge in [0, 0.05) is 11.9 Å². The first-order valence-electron chi connectivity index (χ1n) is 4.55. The second kappa shape index (κ2) is 4.52. The summed E-state index contributed by atoms with van der Waals surface area (Å²) in [5, 5.41) is 2.65. The zero-order valence-corrected chi connectivity index (χ0v) is 9.47.